The highest BCUT2D eigenvalue weighted by molar-refractivity contribution is 5.71. The number of aliphatic carboxylic acids is 1. The van der Waals surface area contributed by atoms with E-state index in [-0.39, 0.29) is 18.6 Å². The van der Waals surface area contributed by atoms with Crippen molar-refractivity contribution in [3.8, 4) is 0 Å². The topological polar surface area (TPSA) is 75.6 Å². The maximum Gasteiger partial charge on any atom is 0.407 e. The van der Waals surface area contributed by atoms with Gasteiger partial charge in [-0.1, -0.05) is 19.1 Å². The van der Waals surface area contributed by atoms with Gasteiger partial charge in [-0.25, -0.2) is 4.79 Å². The monoisotopic (exact) mass is 227 g/mol. The van der Waals surface area contributed by atoms with E-state index in [4.69, 9.17) is 9.84 Å². The summed E-state index contributed by atoms with van der Waals surface area (Å²) in [6.45, 7) is 3.60. The molecule has 2 N–H and O–H groups in total. The molecule has 0 aliphatic heterocycles. The maximum absolute atomic E-state index is 11.2. The van der Waals surface area contributed by atoms with Gasteiger partial charge < -0.3 is 15.2 Å². The molecule has 0 spiro atoms. The zero-order valence-electron chi connectivity index (χ0n) is 9.15. The Labute approximate surface area is 94.5 Å². The average molecular weight is 227 g/mol. The van der Waals surface area contributed by atoms with Gasteiger partial charge in [0.2, 0.25) is 0 Å². The normalized spacial score (nSPS) is 24.5. The maximum atomic E-state index is 11.2. The van der Waals surface area contributed by atoms with Crippen LogP contribution in [0.4, 0.5) is 4.79 Å². The van der Waals surface area contributed by atoms with Crippen LogP contribution in [-0.2, 0) is 9.53 Å². The second kappa shape index (κ2) is 6.15. The van der Waals surface area contributed by atoms with Gasteiger partial charge in [0.25, 0.3) is 0 Å². The lowest BCUT2D eigenvalue weighted by Gasteiger charge is -2.26. The number of amides is 1. The van der Waals surface area contributed by atoms with Gasteiger partial charge in [0.15, 0.2) is 0 Å². The fraction of sp³-hybridized carbons (Fsp3) is 0.636. The van der Waals surface area contributed by atoms with E-state index in [2.05, 4.69) is 11.9 Å². The number of hydrogen-bond acceptors (Lipinski definition) is 3. The Morgan fingerprint density at radius 3 is 2.88 bits per heavy atom. The highest BCUT2D eigenvalue weighted by Gasteiger charge is 2.27. The van der Waals surface area contributed by atoms with Crippen LogP contribution >= 0.6 is 0 Å². The van der Waals surface area contributed by atoms with Crippen LogP contribution in [0, 0.1) is 5.92 Å². The minimum Gasteiger partial charge on any atom is -0.481 e. The first-order chi connectivity index (χ1) is 7.63. The van der Waals surface area contributed by atoms with Crippen LogP contribution in [0.5, 0.6) is 0 Å². The SMILES string of the molecule is C=CCOC(=O)N[C@H]1CCC[C@@H](C(=O)O)C1. The first-order valence-corrected chi connectivity index (χ1v) is 5.40. The Bertz CT molecular complexity index is 277. The molecule has 16 heavy (non-hydrogen) atoms. The molecule has 0 bridgehead atoms. The summed E-state index contributed by atoms with van der Waals surface area (Å²) in [7, 11) is 0. The molecule has 90 valence electrons. The predicted molar refractivity (Wildman–Crippen MR) is 58.1 cm³/mol. The molecule has 0 aromatic heterocycles. The molecule has 0 unspecified atom stereocenters. The summed E-state index contributed by atoms with van der Waals surface area (Å²) < 4.78 is 4.77. The van der Waals surface area contributed by atoms with Crippen molar-refractivity contribution < 1.29 is 19.4 Å². The lowest BCUT2D eigenvalue weighted by molar-refractivity contribution is -0.143. The van der Waals surface area contributed by atoms with Crippen molar-refractivity contribution in [2.75, 3.05) is 6.61 Å². The summed E-state index contributed by atoms with van der Waals surface area (Å²) >= 11 is 0. The summed E-state index contributed by atoms with van der Waals surface area (Å²) in [5, 5.41) is 11.5. The molecule has 0 heterocycles. The van der Waals surface area contributed by atoms with Gasteiger partial charge in [0, 0.05) is 6.04 Å². The van der Waals surface area contributed by atoms with Crippen molar-refractivity contribution in [2.24, 2.45) is 5.92 Å². The lowest BCUT2D eigenvalue weighted by atomic mass is 9.86. The fourth-order valence-corrected chi connectivity index (χ4v) is 1.89. The van der Waals surface area contributed by atoms with Crippen LogP contribution in [-0.4, -0.2) is 29.8 Å². The summed E-state index contributed by atoms with van der Waals surface area (Å²) in [5.41, 5.74) is 0. The quantitative estimate of drug-likeness (QED) is 0.714. The second-order valence-corrected chi connectivity index (χ2v) is 3.93. The molecule has 5 heteroatoms. The highest BCUT2D eigenvalue weighted by Crippen LogP contribution is 2.24. The van der Waals surface area contributed by atoms with Crippen LogP contribution in [0.3, 0.4) is 0 Å². The molecule has 0 saturated heterocycles. The average Bonchev–Trinajstić information content (AvgIpc) is 2.26. The van der Waals surface area contributed by atoms with Crippen molar-refractivity contribution in [2.45, 2.75) is 31.7 Å². The number of carbonyl (C=O) groups excluding carboxylic acids is 1. The van der Waals surface area contributed by atoms with E-state index in [0.717, 1.165) is 12.8 Å². The van der Waals surface area contributed by atoms with Gasteiger partial charge in [0.1, 0.15) is 6.61 Å². The van der Waals surface area contributed by atoms with Crippen LogP contribution in [0.2, 0.25) is 0 Å². The summed E-state index contributed by atoms with van der Waals surface area (Å²) in [6, 6.07) is -0.0906. The number of hydrogen-bond donors (Lipinski definition) is 2. The van der Waals surface area contributed by atoms with E-state index in [1.807, 2.05) is 0 Å². The molecular formula is C11H17NO4. The number of carboxylic acids is 1. The predicted octanol–water partition coefficient (Wildman–Crippen LogP) is 1.54. The smallest absolute Gasteiger partial charge is 0.407 e. The van der Waals surface area contributed by atoms with E-state index in [1.54, 1.807) is 0 Å². The van der Waals surface area contributed by atoms with Crippen molar-refractivity contribution in [1.82, 2.24) is 5.32 Å². The number of alkyl carbamates (subject to hydrolysis) is 1. The largest absolute Gasteiger partial charge is 0.481 e. The number of nitrogens with one attached hydrogen (secondary N) is 1. The van der Waals surface area contributed by atoms with E-state index in [1.165, 1.54) is 6.08 Å². The van der Waals surface area contributed by atoms with Crippen molar-refractivity contribution in [3.63, 3.8) is 0 Å². The van der Waals surface area contributed by atoms with E-state index < -0.39 is 12.1 Å². The number of ether oxygens (including phenoxy) is 1. The van der Waals surface area contributed by atoms with Crippen LogP contribution in [0.25, 0.3) is 0 Å². The van der Waals surface area contributed by atoms with Crippen LogP contribution in [0.15, 0.2) is 12.7 Å². The zero-order chi connectivity index (χ0) is 12.0. The van der Waals surface area contributed by atoms with Gasteiger partial charge in [-0.05, 0) is 19.3 Å². The van der Waals surface area contributed by atoms with Gasteiger partial charge in [-0.2, -0.15) is 0 Å². The Morgan fingerprint density at radius 2 is 2.25 bits per heavy atom. The number of carbonyl (C=O) groups is 2. The molecule has 5 nitrogen and oxygen atoms in total. The molecule has 0 aromatic rings. The van der Waals surface area contributed by atoms with E-state index >= 15 is 0 Å². The molecule has 1 aliphatic carbocycles. The molecule has 1 rings (SSSR count). The third-order valence-electron chi connectivity index (χ3n) is 2.68. The Hall–Kier alpha value is -1.52. The summed E-state index contributed by atoms with van der Waals surface area (Å²) in [6.07, 6.45) is 3.79. The van der Waals surface area contributed by atoms with Crippen molar-refractivity contribution in [1.29, 1.82) is 0 Å². The zero-order valence-corrected chi connectivity index (χ0v) is 9.15. The first-order valence-electron chi connectivity index (χ1n) is 5.40. The molecule has 0 radical (unpaired) electrons. The van der Waals surface area contributed by atoms with Crippen molar-refractivity contribution in [3.05, 3.63) is 12.7 Å². The van der Waals surface area contributed by atoms with E-state index in [0.29, 0.717) is 12.8 Å². The van der Waals surface area contributed by atoms with Crippen LogP contribution in [0.1, 0.15) is 25.7 Å². The Balaban J connectivity index is 2.33. The molecule has 1 amide bonds. The van der Waals surface area contributed by atoms with Gasteiger partial charge in [-0.15, -0.1) is 0 Å². The Kier molecular flexibility index (Phi) is 4.82. The molecular weight excluding hydrogens is 210 g/mol. The van der Waals surface area contributed by atoms with Gasteiger partial charge in [-0.3, -0.25) is 4.79 Å². The van der Waals surface area contributed by atoms with Gasteiger partial charge >= 0.3 is 12.1 Å². The standard InChI is InChI=1S/C11H17NO4/c1-2-6-16-11(15)12-9-5-3-4-8(7-9)10(13)14/h2,8-9H,1,3-7H2,(H,12,15)(H,13,14)/t8-,9+/m1/s1. The minimum atomic E-state index is -0.786. The lowest BCUT2D eigenvalue weighted by Crippen LogP contribution is -2.40. The van der Waals surface area contributed by atoms with Crippen molar-refractivity contribution >= 4 is 12.1 Å². The number of rotatable bonds is 4. The fourth-order valence-electron chi connectivity index (χ4n) is 1.89. The van der Waals surface area contributed by atoms with Gasteiger partial charge in [0.05, 0.1) is 5.92 Å². The third kappa shape index (κ3) is 3.92. The third-order valence-corrected chi connectivity index (χ3v) is 2.68. The molecule has 1 saturated carbocycles. The Morgan fingerprint density at radius 1 is 1.50 bits per heavy atom. The molecule has 0 aromatic carbocycles. The molecule has 1 aliphatic rings. The minimum absolute atomic E-state index is 0.0906. The molecule has 1 fully saturated rings. The second-order valence-electron chi connectivity index (χ2n) is 3.93. The number of carboxylic acid groups (broad SMARTS) is 1. The molecule has 2 atom stereocenters. The summed E-state index contributed by atoms with van der Waals surface area (Å²) in [4.78, 5) is 22.0. The van der Waals surface area contributed by atoms with E-state index in [9.17, 15) is 9.59 Å². The van der Waals surface area contributed by atoms with Crippen LogP contribution < -0.4 is 5.32 Å². The summed E-state index contributed by atoms with van der Waals surface area (Å²) in [5.74, 6) is -1.13. The highest BCUT2D eigenvalue weighted by atomic mass is 16.5. The first kappa shape index (κ1) is 12.5.